The lowest BCUT2D eigenvalue weighted by Gasteiger charge is -2.31. The molecule has 0 spiro atoms. The Morgan fingerprint density at radius 1 is 1.04 bits per heavy atom. The smallest absolute Gasteiger partial charge is 0.170 e. The molecule has 1 aliphatic carbocycles. The number of phenols is 1. The molecule has 0 saturated heterocycles. The van der Waals surface area contributed by atoms with Crippen molar-refractivity contribution in [1.29, 1.82) is 0 Å². The number of hydrogen-bond acceptors (Lipinski definition) is 4. The number of carbonyl (C=O) groups is 1. The summed E-state index contributed by atoms with van der Waals surface area (Å²) in [5.41, 5.74) is 2.45. The van der Waals surface area contributed by atoms with E-state index in [1.165, 1.54) is 0 Å². The van der Waals surface area contributed by atoms with Gasteiger partial charge in [0.15, 0.2) is 5.78 Å². The Bertz CT molecular complexity index is 797. The predicted molar refractivity (Wildman–Crippen MR) is 101 cm³/mol. The lowest BCUT2D eigenvalue weighted by Crippen LogP contribution is -2.26. The summed E-state index contributed by atoms with van der Waals surface area (Å²) in [5.74, 6) is 1.59. The molecule has 1 aliphatic rings. The Morgan fingerprint density at radius 2 is 1.81 bits per heavy atom. The number of benzene rings is 2. The number of ketones is 1. The van der Waals surface area contributed by atoms with Crippen molar-refractivity contribution in [2.24, 2.45) is 5.92 Å². The minimum absolute atomic E-state index is 0.0884. The highest BCUT2D eigenvalue weighted by Crippen LogP contribution is 2.42. The first-order valence-electron chi connectivity index (χ1n) is 9.11. The van der Waals surface area contributed by atoms with Crippen LogP contribution in [0.4, 0.5) is 0 Å². The van der Waals surface area contributed by atoms with Gasteiger partial charge in [-0.25, -0.2) is 0 Å². The van der Waals surface area contributed by atoms with Crippen LogP contribution in [0.1, 0.15) is 53.1 Å². The highest BCUT2D eigenvalue weighted by Gasteiger charge is 2.34. The molecule has 0 bridgehead atoms. The van der Waals surface area contributed by atoms with Crippen LogP contribution >= 0.6 is 0 Å². The standard InChI is InChI=1S/C22H26O4/c1-14-8-9-15(12-20(14)23)17-6-4-5-7-18(17)22(24)19-13-16(25-2)10-11-21(19)26-3/h8-13,17-18,23H,4-7H2,1-3H3. The van der Waals surface area contributed by atoms with E-state index in [-0.39, 0.29) is 17.6 Å². The van der Waals surface area contributed by atoms with Gasteiger partial charge in [0.2, 0.25) is 0 Å². The molecule has 1 saturated carbocycles. The van der Waals surface area contributed by atoms with Gasteiger partial charge >= 0.3 is 0 Å². The molecule has 2 atom stereocenters. The molecule has 0 amide bonds. The molecule has 1 N–H and O–H groups in total. The molecule has 0 aromatic heterocycles. The van der Waals surface area contributed by atoms with Gasteiger partial charge in [-0.1, -0.05) is 25.0 Å². The molecule has 1 fully saturated rings. The van der Waals surface area contributed by atoms with Crippen LogP contribution in [0.5, 0.6) is 17.2 Å². The number of Topliss-reactive ketones (excluding diaryl/α,β-unsaturated/α-hetero) is 1. The zero-order chi connectivity index (χ0) is 18.7. The Kier molecular flexibility index (Phi) is 5.50. The molecule has 2 aromatic rings. The van der Waals surface area contributed by atoms with Crippen molar-refractivity contribution in [2.75, 3.05) is 14.2 Å². The first-order chi connectivity index (χ1) is 12.5. The topological polar surface area (TPSA) is 55.8 Å². The van der Waals surface area contributed by atoms with E-state index in [9.17, 15) is 9.90 Å². The van der Waals surface area contributed by atoms with E-state index in [2.05, 4.69) is 0 Å². The average Bonchev–Trinajstić information content (AvgIpc) is 2.69. The van der Waals surface area contributed by atoms with E-state index in [4.69, 9.17) is 9.47 Å². The van der Waals surface area contributed by atoms with Crippen LogP contribution in [-0.4, -0.2) is 25.1 Å². The summed E-state index contributed by atoms with van der Waals surface area (Å²) in [6.45, 7) is 1.88. The van der Waals surface area contributed by atoms with E-state index >= 15 is 0 Å². The summed E-state index contributed by atoms with van der Waals surface area (Å²) in [4.78, 5) is 13.4. The molecule has 0 heterocycles. The minimum Gasteiger partial charge on any atom is -0.508 e. The summed E-state index contributed by atoms with van der Waals surface area (Å²) >= 11 is 0. The van der Waals surface area contributed by atoms with Crippen LogP contribution in [0.3, 0.4) is 0 Å². The zero-order valence-corrected chi connectivity index (χ0v) is 15.6. The third-order valence-electron chi connectivity index (χ3n) is 5.44. The maximum atomic E-state index is 13.4. The third kappa shape index (κ3) is 3.55. The second-order valence-corrected chi connectivity index (χ2v) is 6.97. The summed E-state index contributed by atoms with van der Waals surface area (Å²) in [5, 5.41) is 10.1. The van der Waals surface area contributed by atoms with Crippen LogP contribution in [0.15, 0.2) is 36.4 Å². The fourth-order valence-corrected chi connectivity index (χ4v) is 3.91. The van der Waals surface area contributed by atoms with E-state index in [1.807, 2.05) is 25.1 Å². The lowest BCUT2D eigenvalue weighted by molar-refractivity contribution is 0.0864. The number of ether oxygens (including phenoxy) is 2. The Morgan fingerprint density at radius 3 is 2.50 bits per heavy atom. The third-order valence-corrected chi connectivity index (χ3v) is 5.44. The van der Waals surface area contributed by atoms with Gasteiger partial charge in [-0.05, 0) is 61.1 Å². The van der Waals surface area contributed by atoms with Gasteiger partial charge in [-0.2, -0.15) is 0 Å². The Labute approximate surface area is 154 Å². The molecule has 0 aliphatic heterocycles. The van der Waals surface area contributed by atoms with Gasteiger partial charge in [0.1, 0.15) is 17.2 Å². The molecule has 2 aromatic carbocycles. The van der Waals surface area contributed by atoms with Crippen molar-refractivity contribution in [3.63, 3.8) is 0 Å². The second-order valence-electron chi connectivity index (χ2n) is 6.97. The number of aryl methyl sites for hydroxylation is 1. The first-order valence-corrected chi connectivity index (χ1v) is 9.11. The van der Waals surface area contributed by atoms with Crippen molar-refractivity contribution < 1.29 is 19.4 Å². The second kappa shape index (κ2) is 7.81. The largest absolute Gasteiger partial charge is 0.508 e. The van der Waals surface area contributed by atoms with Gasteiger partial charge in [-0.3, -0.25) is 4.79 Å². The van der Waals surface area contributed by atoms with Gasteiger partial charge in [0.05, 0.1) is 19.8 Å². The Balaban J connectivity index is 1.97. The summed E-state index contributed by atoms with van der Waals surface area (Å²) in [7, 11) is 3.17. The van der Waals surface area contributed by atoms with Crippen LogP contribution in [0.25, 0.3) is 0 Å². The molecule has 0 radical (unpaired) electrons. The van der Waals surface area contributed by atoms with Crippen LogP contribution in [0.2, 0.25) is 0 Å². The highest BCUT2D eigenvalue weighted by molar-refractivity contribution is 6.01. The average molecular weight is 354 g/mol. The van der Waals surface area contributed by atoms with Gasteiger partial charge < -0.3 is 14.6 Å². The fraction of sp³-hybridized carbons (Fsp3) is 0.409. The van der Waals surface area contributed by atoms with Crippen molar-refractivity contribution >= 4 is 5.78 Å². The van der Waals surface area contributed by atoms with E-state index in [0.29, 0.717) is 22.8 Å². The van der Waals surface area contributed by atoms with E-state index < -0.39 is 0 Å². The maximum Gasteiger partial charge on any atom is 0.170 e. The molecule has 138 valence electrons. The van der Waals surface area contributed by atoms with Crippen molar-refractivity contribution in [1.82, 2.24) is 0 Å². The molecule has 4 nitrogen and oxygen atoms in total. The summed E-state index contributed by atoms with van der Waals surface area (Å²) in [6, 6.07) is 11.1. The molecule has 3 rings (SSSR count). The molecular formula is C22H26O4. The monoisotopic (exact) mass is 354 g/mol. The van der Waals surface area contributed by atoms with Crippen molar-refractivity contribution in [2.45, 2.75) is 38.5 Å². The van der Waals surface area contributed by atoms with Gasteiger partial charge in [-0.15, -0.1) is 0 Å². The Hall–Kier alpha value is -2.49. The highest BCUT2D eigenvalue weighted by atomic mass is 16.5. The van der Waals surface area contributed by atoms with E-state index in [0.717, 1.165) is 36.8 Å². The number of methoxy groups -OCH3 is 2. The molecule has 4 heteroatoms. The van der Waals surface area contributed by atoms with Gasteiger partial charge in [0.25, 0.3) is 0 Å². The maximum absolute atomic E-state index is 13.4. The van der Waals surface area contributed by atoms with Crippen LogP contribution < -0.4 is 9.47 Å². The first kappa shape index (κ1) is 18.3. The van der Waals surface area contributed by atoms with Gasteiger partial charge in [0, 0.05) is 5.92 Å². The number of hydrogen-bond donors (Lipinski definition) is 1. The van der Waals surface area contributed by atoms with Crippen LogP contribution in [-0.2, 0) is 0 Å². The fourth-order valence-electron chi connectivity index (χ4n) is 3.91. The number of rotatable bonds is 5. The molecular weight excluding hydrogens is 328 g/mol. The van der Waals surface area contributed by atoms with E-state index in [1.54, 1.807) is 32.4 Å². The number of aromatic hydroxyl groups is 1. The minimum atomic E-state index is -0.119. The van der Waals surface area contributed by atoms with Crippen LogP contribution in [0, 0.1) is 12.8 Å². The summed E-state index contributed by atoms with van der Waals surface area (Å²) < 4.78 is 10.7. The SMILES string of the molecule is COc1ccc(OC)c(C(=O)C2CCCCC2c2ccc(C)c(O)c2)c1. The number of phenolic OH excluding ortho intramolecular Hbond substituents is 1. The summed E-state index contributed by atoms with van der Waals surface area (Å²) in [6.07, 6.45) is 3.93. The molecule has 2 unspecified atom stereocenters. The zero-order valence-electron chi connectivity index (χ0n) is 15.6. The van der Waals surface area contributed by atoms with Crippen molar-refractivity contribution in [3.8, 4) is 17.2 Å². The van der Waals surface area contributed by atoms with Crippen molar-refractivity contribution in [3.05, 3.63) is 53.1 Å². The lowest BCUT2D eigenvalue weighted by atomic mass is 9.72. The quantitative estimate of drug-likeness (QED) is 0.778. The molecule has 26 heavy (non-hydrogen) atoms. The number of carbonyl (C=O) groups excluding carboxylic acids is 1. The normalized spacial score (nSPS) is 19.8. The predicted octanol–water partition coefficient (Wildman–Crippen LogP) is 4.87.